The van der Waals surface area contributed by atoms with E-state index >= 15 is 0 Å². The number of hydrogen-bond donors (Lipinski definition) is 0. The molecule has 2 fully saturated rings. The van der Waals surface area contributed by atoms with Crippen molar-refractivity contribution in [3.05, 3.63) is 0 Å². The van der Waals surface area contributed by atoms with E-state index in [0.29, 0.717) is 6.04 Å². The zero-order chi connectivity index (χ0) is 10.8. The van der Waals surface area contributed by atoms with E-state index in [1.54, 1.807) is 0 Å². The lowest BCUT2D eigenvalue weighted by Gasteiger charge is -2.45. The summed E-state index contributed by atoms with van der Waals surface area (Å²) >= 11 is 5.54. The van der Waals surface area contributed by atoms with Crippen molar-refractivity contribution < 1.29 is 0 Å². The topological polar surface area (TPSA) is 3.24 Å². The van der Waals surface area contributed by atoms with Gasteiger partial charge in [0.1, 0.15) is 0 Å². The molecule has 0 spiro atoms. The van der Waals surface area contributed by atoms with E-state index in [2.05, 4.69) is 18.7 Å². The Morgan fingerprint density at radius 3 is 2.60 bits per heavy atom. The maximum atomic E-state index is 5.54. The highest BCUT2D eigenvalue weighted by Gasteiger charge is 2.35. The SMILES string of the molecule is CC(C)N1C(=S)CCC2CCCCCC21. The Kier molecular flexibility index (Phi) is 3.65. The van der Waals surface area contributed by atoms with Crippen LogP contribution in [0.25, 0.3) is 0 Å². The second-order valence-electron chi connectivity index (χ2n) is 5.40. The first-order valence-electron chi connectivity index (χ1n) is 6.51. The van der Waals surface area contributed by atoms with Gasteiger partial charge in [-0.1, -0.05) is 31.5 Å². The Labute approximate surface area is 99.2 Å². The molecule has 0 aromatic heterocycles. The van der Waals surface area contributed by atoms with Gasteiger partial charge in [0.2, 0.25) is 0 Å². The summed E-state index contributed by atoms with van der Waals surface area (Å²) < 4.78 is 0. The molecule has 1 nitrogen and oxygen atoms in total. The molecule has 1 aliphatic heterocycles. The van der Waals surface area contributed by atoms with Gasteiger partial charge in [-0.25, -0.2) is 0 Å². The highest BCUT2D eigenvalue weighted by atomic mass is 32.1. The Morgan fingerprint density at radius 2 is 1.87 bits per heavy atom. The minimum absolute atomic E-state index is 0.600. The van der Waals surface area contributed by atoms with Crippen molar-refractivity contribution in [1.29, 1.82) is 0 Å². The summed E-state index contributed by atoms with van der Waals surface area (Å²) in [5, 5.41) is 0. The largest absolute Gasteiger partial charge is 0.360 e. The van der Waals surface area contributed by atoms with Crippen LogP contribution in [-0.4, -0.2) is 22.0 Å². The Bertz CT molecular complexity index is 237. The molecule has 0 aromatic carbocycles. The van der Waals surface area contributed by atoms with Crippen molar-refractivity contribution in [3.63, 3.8) is 0 Å². The Hall–Kier alpha value is -0.110. The van der Waals surface area contributed by atoms with E-state index < -0.39 is 0 Å². The number of fused-ring (bicyclic) bond motifs is 1. The van der Waals surface area contributed by atoms with Crippen molar-refractivity contribution in [2.75, 3.05) is 0 Å². The highest BCUT2D eigenvalue weighted by molar-refractivity contribution is 7.80. The summed E-state index contributed by atoms with van der Waals surface area (Å²) in [6, 6.07) is 1.37. The van der Waals surface area contributed by atoms with Gasteiger partial charge in [-0.2, -0.15) is 0 Å². The van der Waals surface area contributed by atoms with Gasteiger partial charge >= 0.3 is 0 Å². The third-order valence-electron chi connectivity index (χ3n) is 4.05. The van der Waals surface area contributed by atoms with Crippen LogP contribution in [0.5, 0.6) is 0 Å². The molecule has 1 heterocycles. The molecule has 2 atom stereocenters. The van der Waals surface area contributed by atoms with E-state index in [4.69, 9.17) is 12.2 Å². The zero-order valence-electron chi connectivity index (χ0n) is 10.0. The molecule has 1 saturated carbocycles. The van der Waals surface area contributed by atoms with Crippen LogP contribution in [0.15, 0.2) is 0 Å². The lowest BCUT2D eigenvalue weighted by atomic mass is 9.85. The first-order valence-corrected chi connectivity index (χ1v) is 6.92. The van der Waals surface area contributed by atoms with Crippen molar-refractivity contribution in [2.45, 2.75) is 70.9 Å². The summed E-state index contributed by atoms with van der Waals surface area (Å²) in [7, 11) is 0. The first-order chi connectivity index (χ1) is 7.20. The molecule has 0 aromatic rings. The van der Waals surface area contributed by atoms with Crippen LogP contribution in [0.3, 0.4) is 0 Å². The van der Waals surface area contributed by atoms with Crippen LogP contribution >= 0.6 is 12.2 Å². The number of piperidine rings is 1. The molecule has 2 unspecified atom stereocenters. The third kappa shape index (κ3) is 2.35. The predicted molar refractivity (Wildman–Crippen MR) is 69.2 cm³/mol. The van der Waals surface area contributed by atoms with E-state index in [9.17, 15) is 0 Å². The van der Waals surface area contributed by atoms with Gasteiger partial charge in [-0.15, -0.1) is 0 Å². The number of nitrogens with zero attached hydrogens (tertiary/aromatic N) is 1. The second-order valence-corrected chi connectivity index (χ2v) is 5.87. The summed E-state index contributed by atoms with van der Waals surface area (Å²) in [6.45, 7) is 4.58. The molecule has 1 saturated heterocycles. The number of likely N-dealkylation sites (tertiary alicyclic amines) is 1. The van der Waals surface area contributed by atoms with Crippen molar-refractivity contribution >= 4 is 17.2 Å². The molecule has 1 aliphatic carbocycles. The van der Waals surface area contributed by atoms with Gasteiger partial charge in [0.15, 0.2) is 0 Å². The fraction of sp³-hybridized carbons (Fsp3) is 0.923. The summed E-state index contributed by atoms with van der Waals surface area (Å²) in [4.78, 5) is 3.78. The van der Waals surface area contributed by atoms with Crippen LogP contribution in [0.1, 0.15) is 58.8 Å². The molecular weight excluding hydrogens is 202 g/mol. The predicted octanol–water partition coefficient (Wildman–Crippen LogP) is 3.77. The van der Waals surface area contributed by atoms with Crippen molar-refractivity contribution in [1.82, 2.24) is 4.90 Å². The molecule has 86 valence electrons. The minimum atomic E-state index is 0.600. The summed E-state index contributed by atoms with van der Waals surface area (Å²) in [5.74, 6) is 0.932. The fourth-order valence-electron chi connectivity index (χ4n) is 3.36. The maximum absolute atomic E-state index is 5.54. The first kappa shape index (κ1) is 11.4. The zero-order valence-corrected chi connectivity index (χ0v) is 10.9. The highest BCUT2D eigenvalue weighted by Crippen LogP contribution is 2.36. The van der Waals surface area contributed by atoms with Gasteiger partial charge in [0, 0.05) is 12.1 Å². The number of hydrogen-bond acceptors (Lipinski definition) is 1. The molecule has 0 bridgehead atoms. The van der Waals surface area contributed by atoms with Crippen LogP contribution in [0, 0.1) is 5.92 Å². The summed E-state index contributed by atoms with van der Waals surface area (Å²) in [6.07, 6.45) is 9.62. The molecule has 15 heavy (non-hydrogen) atoms. The van der Waals surface area contributed by atoms with Crippen LogP contribution in [-0.2, 0) is 0 Å². The molecule has 0 N–H and O–H groups in total. The van der Waals surface area contributed by atoms with Gasteiger partial charge < -0.3 is 4.90 Å². The number of rotatable bonds is 1. The Balaban J connectivity index is 2.14. The quantitative estimate of drug-likeness (QED) is 0.625. The lowest BCUT2D eigenvalue weighted by Crippen LogP contribution is -2.50. The Morgan fingerprint density at radius 1 is 1.13 bits per heavy atom. The van der Waals surface area contributed by atoms with Gasteiger partial charge in [0.05, 0.1) is 4.99 Å². The fourth-order valence-corrected chi connectivity index (χ4v) is 3.83. The van der Waals surface area contributed by atoms with Gasteiger partial charge in [0.25, 0.3) is 0 Å². The average Bonchev–Trinajstić information content (AvgIpc) is 2.41. The van der Waals surface area contributed by atoms with Crippen LogP contribution in [0.2, 0.25) is 0 Å². The lowest BCUT2D eigenvalue weighted by molar-refractivity contribution is 0.154. The van der Waals surface area contributed by atoms with E-state index in [0.717, 1.165) is 18.4 Å². The van der Waals surface area contributed by atoms with E-state index in [1.165, 1.54) is 43.5 Å². The van der Waals surface area contributed by atoms with Crippen LogP contribution in [0.4, 0.5) is 0 Å². The molecular formula is C13H23NS. The van der Waals surface area contributed by atoms with Gasteiger partial charge in [-0.05, 0) is 45.4 Å². The molecule has 2 rings (SSSR count). The number of thiocarbonyl (C=S) groups is 1. The molecule has 0 amide bonds. The third-order valence-corrected chi connectivity index (χ3v) is 4.46. The average molecular weight is 225 g/mol. The normalized spacial score (nSPS) is 32.7. The molecule has 2 heteroatoms. The van der Waals surface area contributed by atoms with Crippen molar-refractivity contribution in [3.8, 4) is 0 Å². The standard InChI is InChI=1S/C13H23NS/c1-10(2)14-12-7-5-3-4-6-11(12)8-9-13(14)15/h10-12H,3-9H2,1-2H3. The minimum Gasteiger partial charge on any atom is -0.360 e. The summed E-state index contributed by atoms with van der Waals surface area (Å²) in [5.41, 5.74) is 0. The van der Waals surface area contributed by atoms with E-state index in [-0.39, 0.29) is 0 Å². The maximum Gasteiger partial charge on any atom is 0.0784 e. The van der Waals surface area contributed by atoms with Gasteiger partial charge in [-0.3, -0.25) is 0 Å². The second kappa shape index (κ2) is 4.82. The molecule has 2 aliphatic rings. The van der Waals surface area contributed by atoms with E-state index in [1.807, 2.05) is 0 Å². The van der Waals surface area contributed by atoms with Crippen molar-refractivity contribution in [2.24, 2.45) is 5.92 Å². The molecule has 0 radical (unpaired) electrons. The monoisotopic (exact) mass is 225 g/mol. The van der Waals surface area contributed by atoms with Crippen LogP contribution < -0.4 is 0 Å². The smallest absolute Gasteiger partial charge is 0.0784 e.